The highest BCUT2D eigenvalue weighted by Crippen LogP contribution is 2.33. The standard InChI is InChI=1S/C14H23ClS/c1-4-5-6-7-8-9-14(15)13-10-11(2)16-12(13)3/h10,14H,4-9H2,1-3H3. The summed E-state index contributed by atoms with van der Waals surface area (Å²) in [4.78, 5) is 2.77. The van der Waals surface area contributed by atoms with E-state index in [9.17, 15) is 0 Å². The van der Waals surface area contributed by atoms with Crippen molar-refractivity contribution in [1.82, 2.24) is 0 Å². The van der Waals surface area contributed by atoms with Gasteiger partial charge in [-0.3, -0.25) is 0 Å². The van der Waals surface area contributed by atoms with Crippen LogP contribution in [-0.2, 0) is 0 Å². The van der Waals surface area contributed by atoms with Crippen LogP contribution in [0.4, 0.5) is 0 Å². The highest BCUT2D eigenvalue weighted by atomic mass is 35.5. The molecule has 0 aliphatic rings. The second-order valence-corrected chi connectivity index (χ2v) is 6.53. The van der Waals surface area contributed by atoms with Crippen molar-refractivity contribution in [2.45, 2.75) is 64.7 Å². The van der Waals surface area contributed by atoms with E-state index in [-0.39, 0.29) is 5.38 Å². The van der Waals surface area contributed by atoms with E-state index in [1.807, 2.05) is 11.3 Å². The molecule has 0 bridgehead atoms. The van der Waals surface area contributed by atoms with Crippen LogP contribution in [0.1, 0.15) is 66.1 Å². The Morgan fingerprint density at radius 2 is 1.88 bits per heavy atom. The number of rotatable bonds is 7. The molecule has 0 spiro atoms. The Bertz CT molecular complexity index is 304. The minimum Gasteiger partial charge on any atom is -0.146 e. The molecule has 1 unspecified atom stereocenters. The third kappa shape index (κ3) is 4.47. The smallest absolute Gasteiger partial charge is 0.0596 e. The summed E-state index contributed by atoms with van der Waals surface area (Å²) in [6, 6.07) is 2.25. The Morgan fingerprint density at radius 1 is 1.19 bits per heavy atom. The van der Waals surface area contributed by atoms with Crippen LogP contribution in [0, 0.1) is 13.8 Å². The van der Waals surface area contributed by atoms with Crippen LogP contribution in [-0.4, -0.2) is 0 Å². The second-order valence-electron chi connectivity index (χ2n) is 4.54. The number of hydrogen-bond acceptors (Lipinski definition) is 1. The van der Waals surface area contributed by atoms with Crippen molar-refractivity contribution in [3.05, 3.63) is 21.4 Å². The van der Waals surface area contributed by atoms with Gasteiger partial charge in [0.1, 0.15) is 0 Å². The van der Waals surface area contributed by atoms with E-state index >= 15 is 0 Å². The maximum Gasteiger partial charge on any atom is 0.0596 e. The van der Waals surface area contributed by atoms with Crippen LogP contribution in [0.25, 0.3) is 0 Å². The molecule has 1 rings (SSSR count). The SMILES string of the molecule is CCCCCCCC(Cl)c1cc(C)sc1C. The zero-order chi connectivity index (χ0) is 12.0. The average molecular weight is 259 g/mol. The van der Waals surface area contributed by atoms with Crippen LogP contribution in [0.2, 0.25) is 0 Å². The maximum atomic E-state index is 6.44. The van der Waals surface area contributed by atoms with E-state index in [0.29, 0.717) is 0 Å². The van der Waals surface area contributed by atoms with Crippen molar-refractivity contribution in [3.8, 4) is 0 Å². The molecule has 1 heterocycles. The van der Waals surface area contributed by atoms with Crippen molar-refractivity contribution in [3.63, 3.8) is 0 Å². The van der Waals surface area contributed by atoms with E-state index < -0.39 is 0 Å². The number of alkyl halides is 1. The number of hydrogen-bond donors (Lipinski definition) is 0. The molecule has 1 atom stereocenters. The fourth-order valence-electron chi connectivity index (χ4n) is 2.04. The van der Waals surface area contributed by atoms with Crippen molar-refractivity contribution in [2.75, 3.05) is 0 Å². The second kappa shape index (κ2) is 7.34. The van der Waals surface area contributed by atoms with E-state index in [4.69, 9.17) is 11.6 Å². The number of unbranched alkanes of at least 4 members (excludes halogenated alkanes) is 4. The monoisotopic (exact) mass is 258 g/mol. The van der Waals surface area contributed by atoms with Gasteiger partial charge in [0.2, 0.25) is 0 Å². The van der Waals surface area contributed by atoms with E-state index in [2.05, 4.69) is 26.8 Å². The minimum atomic E-state index is 0.228. The van der Waals surface area contributed by atoms with Crippen molar-refractivity contribution in [1.29, 1.82) is 0 Å². The van der Waals surface area contributed by atoms with Crippen molar-refractivity contribution in [2.24, 2.45) is 0 Å². The van der Waals surface area contributed by atoms with Gasteiger partial charge in [-0.1, -0.05) is 39.0 Å². The zero-order valence-electron chi connectivity index (χ0n) is 10.7. The molecule has 0 radical (unpaired) electrons. The van der Waals surface area contributed by atoms with E-state index in [1.165, 1.54) is 47.4 Å². The first kappa shape index (κ1) is 14.1. The zero-order valence-corrected chi connectivity index (χ0v) is 12.3. The van der Waals surface area contributed by atoms with Crippen LogP contribution in [0.15, 0.2) is 6.07 Å². The van der Waals surface area contributed by atoms with Gasteiger partial charge in [0, 0.05) is 9.75 Å². The molecule has 0 aromatic carbocycles. The van der Waals surface area contributed by atoms with Crippen LogP contribution < -0.4 is 0 Å². The molecule has 0 saturated heterocycles. The Hall–Kier alpha value is -0.0100. The third-order valence-corrected chi connectivity index (χ3v) is 4.41. The lowest BCUT2D eigenvalue weighted by molar-refractivity contribution is 0.601. The fourth-order valence-corrected chi connectivity index (χ4v) is 3.48. The molecule has 16 heavy (non-hydrogen) atoms. The molecule has 0 amide bonds. The number of halogens is 1. The van der Waals surface area contributed by atoms with Crippen LogP contribution >= 0.6 is 22.9 Å². The first-order valence-corrected chi connectivity index (χ1v) is 7.61. The molecular formula is C14H23ClS. The van der Waals surface area contributed by atoms with Crippen LogP contribution in [0.5, 0.6) is 0 Å². The molecule has 0 nitrogen and oxygen atoms in total. The average Bonchev–Trinajstić information content (AvgIpc) is 2.57. The van der Waals surface area contributed by atoms with E-state index in [0.717, 1.165) is 6.42 Å². The van der Waals surface area contributed by atoms with Gasteiger partial charge in [-0.15, -0.1) is 22.9 Å². The summed E-state index contributed by atoms with van der Waals surface area (Å²) >= 11 is 8.30. The molecule has 0 fully saturated rings. The normalized spacial score (nSPS) is 13.0. The molecule has 0 saturated carbocycles. The summed E-state index contributed by atoms with van der Waals surface area (Å²) in [6.07, 6.45) is 7.77. The number of thiophene rings is 1. The van der Waals surface area contributed by atoms with Gasteiger partial charge in [0.15, 0.2) is 0 Å². The number of aryl methyl sites for hydroxylation is 2. The molecule has 0 N–H and O–H groups in total. The highest BCUT2D eigenvalue weighted by molar-refractivity contribution is 7.12. The largest absolute Gasteiger partial charge is 0.146 e. The fraction of sp³-hybridized carbons (Fsp3) is 0.714. The van der Waals surface area contributed by atoms with Crippen LogP contribution in [0.3, 0.4) is 0 Å². The lowest BCUT2D eigenvalue weighted by Crippen LogP contribution is -1.91. The van der Waals surface area contributed by atoms with Gasteiger partial charge >= 0.3 is 0 Å². The Kier molecular flexibility index (Phi) is 6.45. The summed E-state index contributed by atoms with van der Waals surface area (Å²) in [5, 5.41) is 0.228. The molecule has 0 aliphatic carbocycles. The third-order valence-electron chi connectivity index (χ3n) is 2.98. The molecule has 1 aromatic rings. The summed E-state index contributed by atoms with van der Waals surface area (Å²) in [6.45, 7) is 6.59. The predicted octanol–water partition coefficient (Wildman–Crippen LogP) is 6.01. The molecular weight excluding hydrogens is 236 g/mol. The maximum absolute atomic E-state index is 6.44. The predicted molar refractivity (Wildman–Crippen MR) is 75.8 cm³/mol. The van der Waals surface area contributed by atoms with Gasteiger partial charge < -0.3 is 0 Å². The van der Waals surface area contributed by atoms with Gasteiger partial charge in [0.05, 0.1) is 5.38 Å². The lowest BCUT2D eigenvalue weighted by atomic mass is 10.0. The highest BCUT2D eigenvalue weighted by Gasteiger charge is 2.12. The summed E-state index contributed by atoms with van der Waals surface area (Å²) in [5.41, 5.74) is 1.36. The quantitative estimate of drug-likeness (QED) is 0.415. The molecule has 1 aromatic heterocycles. The van der Waals surface area contributed by atoms with Gasteiger partial charge in [-0.2, -0.15) is 0 Å². The Balaban J connectivity index is 2.29. The van der Waals surface area contributed by atoms with Gasteiger partial charge in [-0.05, 0) is 31.9 Å². The topological polar surface area (TPSA) is 0 Å². The van der Waals surface area contributed by atoms with Crippen molar-refractivity contribution < 1.29 is 0 Å². The first-order chi connectivity index (χ1) is 7.65. The minimum absolute atomic E-state index is 0.228. The lowest BCUT2D eigenvalue weighted by Gasteiger charge is -2.08. The first-order valence-electron chi connectivity index (χ1n) is 6.36. The van der Waals surface area contributed by atoms with Gasteiger partial charge in [0.25, 0.3) is 0 Å². The summed E-state index contributed by atoms with van der Waals surface area (Å²) < 4.78 is 0. The Morgan fingerprint density at radius 3 is 2.44 bits per heavy atom. The summed E-state index contributed by atoms with van der Waals surface area (Å²) in [5.74, 6) is 0. The van der Waals surface area contributed by atoms with Crippen molar-refractivity contribution >= 4 is 22.9 Å². The Labute approximate surface area is 109 Å². The molecule has 92 valence electrons. The van der Waals surface area contributed by atoms with E-state index in [1.54, 1.807) is 0 Å². The summed E-state index contributed by atoms with van der Waals surface area (Å²) in [7, 11) is 0. The molecule has 0 aliphatic heterocycles. The van der Waals surface area contributed by atoms with Gasteiger partial charge in [-0.25, -0.2) is 0 Å². The molecule has 2 heteroatoms.